The van der Waals surface area contributed by atoms with Gasteiger partial charge in [0.1, 0.15) is 23.1 Å². The predicted molar refractivity (Wildman–Crippen MR) is 97.8 cm³/mol. The van der Waals surface area contributed by atoms with Crippen molar-refractivity contribution in [2.45, 2.75) is 26.2 Å². The lowest BCUT2D eigenvalue weighted by molar-refractivity contribution is 0.0718. The average molecular weight is 361 g/mol. The van der Waals surface area contributed by atoms with Gasteiger partial charge in [-0.25, -0.2) is 9.97 Å². The topological polar surface area (TPSA) is 67.3 Å². The Balaban J connectivity index is 1.81. The van der Waals surface area contributed by atoms with Gasteiger partial charge >= 0.3 is 0 Å². The van der Waals surface area contributed by atoms with E-state index in [0.717, 1.165) is 31.6 Å². The van der Waals surface area contributed by atoms with Gasteiger partial charge in [-0.3, -0.25) is 4.79 Å². The van der Waals surface area contributed by atoms with Crippen molar-refractivity contribution in [3.05, 3.63) is 40.8 Å². The molecule has 132 valence electrons. The molecule has 25 heavy (non-hydrogen) atoms. The number of hydrogen-bond acceptors (Lipinski definition) is 5. The van der Waals surface area contributed by atoms with E-state index in [0.29, 0.717) is 28.1 Å². The number of hydrogen-bond donors (Lipinski definition) is 1. The number of likely N-dealkylation sites (tertiary alicyclic amines) is 1. The summed E-state index contributed by atoms with van der Waals surface area (Å²) in [5, 5.41) is 3.68. The van der Waals surface area contributed by atoms with Crippen LogP contribution in [0.25, 0.3) is 0 Å². The second-order valence-electron chi connectivity index (χ2n) is 6.01. The summed E-state index contributed by atoms with van der Waals surface area (Å²) in [5.41, 5.74) is 1.18. The Morgan fingerprint density at radius 3 is 2.64 bits per heavy atom. The first-order chi connectivity index (χ1) is 12.1. The molecule has 1 aromatic heterocycles. The van der Waals surface area contributed by atoms with Crippen LogP contribution in [0.2, 0.25) is 5.02 Å². The van der Waals surface area contributed by atoms with Crippen LogP contribution in [0.3, 0.4) is 0 Å². The van der Waals surface area contributed by atoms with E-state index >= 15 is 0 Å². The number of aryl methyl sites for hydroxylation is 1. The molecule has 0 saturated carbocycles. The maximum absolute atomic E-state index is 12.7. The summed E-state index contributed by atoms with van der Waals surface area (Å²) in [6.07, 6.45) is 3.27. The normalized spacial score (nSPS) is 14.3. The van der Waals surface area contributed by atoms with Gasteiger partial charge in [0.25, 0.3) is 5.91 Å². The number of amides is 1. The monoisotopic (exact) mass is 360 g/mol. The number of nitrogens with zero attached hydrogens (tertiary/aromatic N) is 3. The lowest BCUT2D eigenvalue weighted by atomic mass is 10.1. The fourth-order valence-corrected chi connectivity index (χ4v) is 3.15. The SMILES string of the molecule is COc1ccc(Nc2cc(C(=O)N3CCCCC3)nc(C)n2)cc1Cl. The van der Waals surface area contributed by atoms with E-state index in [1.54, 1.807) is 32.2 Å². The van der Waals surface area contributed by atoms with Crippen LogP contribution in [0.1, 0.15) is 35.6 Å². The number of rotatable bonds is 4. The van der Waals surface area contributed by atoms with Crippen molar-refractivity contribution >= 4 is 29.0 Å². The number of carbonyl (C=O) groups is 1. The van der Waals surface area contributed by atoms with Crippen LogP contribution in [-0.2, 0) is 0 Å². The summed E-state index contributed by atoms with van der Waals surface area (Å²) in [7, 11) is 1.57. The van der Waals surface area contributed by atoms with E-state index in [2.05, 4.69) is 15.3 Å². The highest BCUT2D eigenvalue weighted by Crippen LogP contribution is 2.28. The summed E-state index contributed by atoms with van der Waals surface area (Å²) >= 11 is 6.15. The minimum Gasteiger partial charge on any atom is -0.495 e. The molecule has 3 rings (SSSR count). The molecule has 1 amide bonds. The molecule has 7 heteroatoms. The number of anilines is 2. The van der Waals surface area contributed by atoms with Gasteiger partial charge < -0.3 is 15.0 Å². The molecule has 1 aromatic carbocycles. The van der Waals surface area contributed by atoms with E-state index in [1.165, 1.54) is 6.42 Å². The van der Waals surface area contributed by atoms with Crippen LogP contribution in [0, 0.1) is 6.92 Å². The molecule has 1 saturated heterocycles. The Labute approximate surface area is 152 Å². The van der Waals surface area contributed by atoms with Crippen molar-refractivity contribution in [3.63, 3.8) is 0 Å². The maximum atomic E-state index is 12.7. The Bertz CT molecular complexity index is 776. The van der Waals surface area contributed by atoms with E-state index in [9.17, 15) is 4.79 Å². The molecular weight excluding hydrogens is 340 g/mol. The molecule has 0 unspecified atom stereocenters. The highest BCUT2D eigenvalue weighted by atomic mass is 35.5. The lowest BCUT2D eigenvalue weighted by Crippen LogP contribution is -2.36. The van der Waals surface area contributed by atoms with Crippen molar-refractivity contribution in [2.24, 2.45) is 0 Å². The zero-order chi connectivity index (χ0) is 17.8. The van der Waals surface area contributed by atoms with Crippen molar-refractivity contribution in [2.75, 3.05) is 25.5 Å². The summed E-state index contributed by atoms with van der Waals surface area (Å²) in [6.45, 7) is 3.36. The second kappa shape index (κ2) is 7.70. The number of methoxy groups -OCH3 is 1. The molecule has 0 spiro atoms. The van der Waals surface area contributed by atoms with Gasteiger partial charge in [0.15, 0.2) is 0 Å². The zero-order valence-electron chi connectivity index (χ0n) is 14.4. The number of aromatic nitrogens is 2. The third kappa shape index (κ3) is 4.20. The Morgan fingerprint density at radius 2 is 1.96 bits per heavy atom. The van der Waals surface area contributed by atoms with Crippen LogP contribution in [-0.4, -0.2) is 41.0 Å². The number of nitrogens with one attached hydrogen (secondary N) is 1. The van der Waals surface area contributed by atoms with Gasteiger partial charge in [-0.1, -0.05) is 11.6 Å². The Hall–Kier alpha value is -2.34. The van der Waals surface area contributed by atoms with Gasteiger partial charge in [-0.2, -0.15) is 0 Å². The first kappa shape index (κ1) is 17.5. The van der Waals surface area contributed by atoms with Crippen LogP contribution >= 0.6 is 11.6 Å². The minimum atomic E-state index is -0.0407. The summed E-state index contributed by atoms with van der Waals surface area (Å²) in [5.74, 6) is 1.67. The fourth-order valence-electron chi connectivity index (χ4n) is 2.89. The molecule has 2 heterocycles. The van der Waals surface area contributed by atoms with Crippen molar-refractivity contribution < 1.29 is 9.53 Å². The Morgan fingerprint density at radius 1 is 1.20 bits per heavy atom. The molecule has 0 bridgehead atoms. The van der Waals surface area contributed by atoms with Crippen molar-refractivity contribution in [1.29, 1.82) is 0 Å². The van der Waals surface area contributed by atoms with Crippen LogP contribution < -0.4 is 10.1 Å². The first-order valence-electron chi connectivity index (χ1n) is 8.32. The molecule has 0 aliphatic carbocycles. The number of halogens is 1. The molecule has 2 aromatic rings. The van der Waals surface area contributed by atoms with Gasteiger partial charge in [0.05, 0.1) is 12.1 Å². The molecule has 1 N–H and O–H groups in total. The number of piperidine rings is 1. The molecular formula is C18H21ClN4O2. The van der Waals surface area contributed by atoms with Crippen molar-refractivity contribution in [3.8, 4) is 5.75 Å². The zero-order valence-corrected chi connectivity index (χ0v) is 15.1. The van der Waals surface area contributed by atoms with E-state index in [1.807, 2.05) is 11.0 Å². The van der Waals surface area contributed by atoms with E-state index in [-0.39, 0.29) is 5.91 Å². The van der Waals surface area contributed by atoms with Crippen LogP contribution in [0.4, 0.5) is 11.5 Å². The fraction of sp³-hybridized carbons (Fsp3) is 0.389. The van der Waals surface area contributed by atoms with Gasteiger partial charge in [0, 0.05) is 24.8 Å². The Kier molecular flexibility index (Phi) is 5.38. The quantitative estimate of drug-likeness (QED) is 0.897. The third-order valence-corrected chi connectivity index (χ3v) is 4.42. The van der Waals surface area contributed by atoms with E-state index < -0.39 is 0 Å². The van der Waals surface area contributed by atoms with Crippen molar-refractivity contribution in [1.82, 2.24) is 14.9 Å². The smallest absolute Gasteiger partial charge is 0.272 e. The summed E-state index contributed by atoms with van der Waals surface area (Å²) < 4.78 is 5.15. The average Bonchev–Trinajstić information content (AvgIpc) is 2.61. The van der Waals surface area contributed by atoms with E-state index in [4.69, 9.17) is 16.3 Å². The minimum absolute atomic E-state index is 0.0407. The molecule has 1 aliphatic heterocycles. The molecule has 0 atom stereocenters. The van der Waals surface area contributed by atoms with Crippen LogP contribution in [0.15, 0.2) is 24.3 Å². The predicted octanol–water partition coefficient (Wildman–Crippen LogP) is 3.82. The number of carbonyl (C=O) groups excluding carboxylic acids is 1. The standard InChI is InChI=1S/C18H21ClN4O2/c1-12-20-15(18(24)23-8-4-3-5-9-23)11-17(21-12)22-13-6-7-16(25-2)14(19)10-13/h6-7,10-11H,3-5,8-9H2,1-2H3,(H,20,21,22). The summed E-state index contributed by atoms with van der Waals surface area (Å²) in [6, 6.07) is 7.05. The number of benzene rings is 1. The number of ether oxygens (including phenoxy) is 1. The summed E-state index contributed by atoms with van der Waals surface area (Å²) in [4.78, 5) is 23.2. The van der Waals surface area contributed by atoms with Gasteiger partial charge in [-0.05, 0) is 44.4 Å². The lowest BCUT2D eigenvalue weighted by Gasteiger charge is -2.26. The van der Waals surface area contributed by atoms with Gasteiger partial charge in [-0.15, -0.1) is 0 Å². The maximum Gasteiger partial charge on any atom is 0.272 e. The second-order valence-corrected chi connectivity index (χ2v) is 6.42. The molecule has 1 fully saturated rings. The van der Waals surface area contributed by atoms with Gasteiger partial charge in [0.2, 0.25) is 0 Å². The highest BCUT2D eigenvalue weighted by Gasteiger charge is 2.20. The molecule has 6 nitrogen and oxygen atoms in total. The molecule has 1 aliphatic rings. The molecule has 0 radical (unpaired) electrons. The highest BCUT2D eigenvalue weighted by molar-refractivity contribution is 6.32. The third-order valence-electron chi connectivity index (χ3n) is 4.12. The first-order valence-corrected chi connectivity index (χ1v) is 8.70. The van der Waals surface area contributed by atoms with Crippen LogP contribution in [0.5, 0.6) is 5.75 Å². The largest absolute Gasteiger partial charge is 0.495 e.